The van der Waals surface area contributed by atoms with Crippen molar-refractivity contribution in [2.24, 2.45) is 0 Å². The molecule has 0 aliphatic heterocycles. The Labute approximate surface area is 212 Å². The van der Waals surface area contributed by atoms with Gasteiger partial charge in [0.05, 0.1) is 16.1 Å². The molecule has 0 saturated heterocycles. The van der Waals surface area contributed by atoms with Gasteiger partial charge in [0.15, 0.2) is 0 Å². The third-order valence-corrected chi connectivity index (χ3v) is 5.63. The van der Waals surface area contributed by atoms with Gasteiger partial charge in [0.25, 0.3) is 5.91 Å². The average molecular weight is 500 g/mol. The molecule has 3 heterocycles. The average Bonchev–Trinajstić information content (AvgIpc) is 3.35. The first-order chi connectivity index (χ1) is 17.7. The van der Waals surface area contributed by atoms with Gasteiger partial charge in [-0.2, -0.15) is 0 Å². The van der Waals surface area contributed by atoms with Gasteiger partial charge in [0.2, 0.25) is 5.88 Å². The quantitative estimate of drug-likeness (QED) is 0.291. The fraction of sp³-hybridized carbons (Fsp3) is 0.111. The van der Waals surface area contributed by atoms with Gasteiger partial charge in [0.1, 0.15) is 25.3 Å². The van der Waals surface area contributed by atoms with Gasteiger partial charge in [-0.1, -0.05) is 17.7 Å². The lowest BCUT2D eigenvalue weighted by Gasteiger charge is -2.09. The summed E-state index contributed by atoms with van der Waals surface area (Å²) in [7, 11) is 0. The van der Waals surface area contributed by atoms with Crippen LogP contribution < -0.4 is 14.8 Å². The summed E-state index contributed by atoms with van der Waals surface area (Å²) in [5, 5.41) is 3.47. The van der Waals surface area contributed by atoms with E-state index in [1.54, 1.807) is 43.0 Å². The lowest BCUT2D eigenvalue weighted by molar-refractivity contribution is 0.0951. The minimum absolute atomic E-state index is 0.160. The van der Waals surface area contributed by atoms with Crippen LogP contribution in [-0.2, 0) is 6.54 Å². The summed E-state index contributed by atoms with van der Waals surface area (Å²) in [4.78, 5) is 25.2. The van der Waals surface area contributed by atoms with Gasteiger partial charge >= 0.3 is 0 Å². The maximum absolute atomic E-state index is 12.6. The largest absolute Gasteiger partial charge is 0.490 e. The molecule has 5 aromatic rings. The number of benzene rings is 2. The molecule has 0 atom stereocenters. The van der Waals surface area contributed by atoms with E-state index in [9.17, 15) is 4.79 Å². The van der Waals surface area contributed by atoms with Crippen molar-refractivity contribution in [2.45, 2.75) is 6.54 Å². The van der Waals surface area contributed by atoms with E-state index in [1.807, 2.05) is 47.0 Å². The predicted molar refractivity (Wildman–Crippen MR) is 137 cm³/mol. The number of carbonyl (C=O) groups is 1. The van der Waals surface area contributed by atoms with E-state index in [2.05, 4.69) is 20.3 Å². The third-order valence-electron chi connectivity index (χ3n) is 5.40. The summed E-state index contributed by atoms with van der Waals surface area (Å²) in [6.07, 6.45) is 6.71. The number of nitrogens with one attached hydrogen (secondary N) is 1. The molecule has 0 spiro atoms. The summed E-state index contributed by atoms with van der Waals surface area (Å²) in [5.74, 6) is 1.07. The zero-order valence-electron chi connectivity index (χ0n) is 19.2. The number of fused-ring (bicyclic) bond motifs is 1. The Bertz CT molecular complexity index is 1460. The highest BCUT2D eigenvalue weighted by Gasteiger charge is 2.10. The summed E-state index contributed by atoms with van der Waals surface area (Å²) >= 11 is 5.82. The second-order valence-corrected chi connectivity index (χ2v) is 8.30. The number of amides is 1. The first kappa shape index (κ1) is 23.3. The molecule has 5 rings (SSSR count). The van der Waals surface area contributed by atoms with E-state index in [0.717, 1.165) is 28.0 Å². The first-order valence-electron chi connectivity index (χ1n) is 11.3. The molecule has 0 fully saturated rings. The molecule has 0 saturated carbocycles. The van der Waals surface area contributed by atoms with Crippen molar-refractivity contribution >= 4 is 28.5 Å². The number of aromatic nitrogens is 4. The van der Waals surface area contributed by atoms with Gasteiger partial charge in [0, 0.05) is 42.5 Å². The monoisotopic (exact) mass is 499 g/mol. The van der Waals surface area contributed by atoms with E-state index in [0.29, 0.717) is 36.2 Å². The van der Waals surface area contributed by atoms with E-state index in [1.165, 1.54) is 6.20 Å². The molecule has 0 bridgehead atoms. The third kappa shape index (κ3) is 5.61. The van der Waals surface area contributed by atoms with E-state index in [4.69, 9.17) is 21.1 Å². The van der Waals surface area contributed by atoms with Crippen molar-refractivity contribution in [1.29, 1.82) is 0 Å². The number of imidazole rings is 1. The van der Waals surface area contributed by atoms with Crippen molar-refractivity contribution in [1.82, 2.24) is 24.8 Å². The van der Waals surface area contributed by atoms with Crippen LogP contribution in [0.3, 0.4) is 0 Å². The smallest absolute Gasteiger partial charge is 0.251 e. The van der Waals surface area contributed by atoms with Crippen LogP contribution in [0.15, 0.2) is 91.6 Å². The van der Waals surface area contributed by atoms with E-state index < -0.39 is 0 Å². The van der Waals surface area contributed by atoms with Crippen LogP contribution in [0.5, 0.6) is 11.6 Å². The fourth-order valence-electron chi connectivity index (χ4n) is 3.60. The Hall–Kier alpha value is -4.43. The maximum Gasteiger partial charge on any atom is 0.251 e. The molecule has 0 aliphatic carbocycles. The van der Waals surface area contributed by atoms with Crippen LogP contribution in [0.25, 0.3) is 16.7 Å². The SMILES string of the molecule is O=C(NCc1cccnc1)c1ccc2c(c1)ncn2-c1ccc(OCCOc2ccc(Cl)cn2)cc1. The van der Waals surface area contributed by atoms with Gasteiger partial charge < -0.3 is 14.8 Å². The molecular weight excluding hydrogens is 478 g/mol. The summed E-state index contributed by atoms with van der Waals surface area (Å²) in [5.41, 5.74) is 4.06. The minimum Gasteiger partial charge on any atom is -0.490 e. The van der Waals surface area contributed by atoms with Crippen LogP contribution in [0.4, 0.5) is 0 Å². The Kier molecular flexibility index (Phi) is 7.05. The molecule has 9 heteroatoms. The number of ether oxygens (including phenoxy) is 2. The Balaban J connectivity index is 1.18. The normalized spacial score (nSPS) is 10.8. The van der Waals surface area contributed by atoms with Gasteiger partial charge in [-0.05, 0) is 60.2 Å². The second-order valence-electron chi connectivity index (χ2n) is 7.87. The van der Waals surface area contributed by atoms with Crippen molar-refractivity contribution < 1.29 is 14.3 Å². The molecule has 1 N–H and O–H groups in total. The molecular formula is C27H22ClN5O3. The zero-order valence-corrected chi connectivity index (χ0v) is 19.9. The highest BCUT2D eigenvalue weighted by atomic mass is 35.5. The number of hydrogen-bond donors (Lipinski definition) is 1. The molecule has 36 heavy (non-hydrogen) atoms. The standard InChI is InChI=1S/C27H22ClN5O3/c28-21-4-10-26(30-17-21)36-13-12-35-23-7-5-22(6-8-23)33-18-32-24-14-20(3-9-25(24)33)27(34)31-16-19-2-1-11-29-15-19/h1-11,14-15,17-18H,12-13,16H2,(H,31,34). The van der Waals surface area contributed by atoms with E-state index in [-0.39, 0.29) is 5.91 Å². The van der Waals surface area contributed by atoms with Crippen LogP contribution >= 0.6 is 11.6 Å². The highest BCUT2D eigenvalue weighted by Crippen LogP contribution is 2.22. The van der Waals surface area contributed by atoms with E-state index >= 15 is 0 Å². The number of rotatable bonds is 9. The molecule has 1 amide bonds. The molecule has 8 nitrogen and oxygen atoms in total. The maximum atomic E-state index is 12.6. The minimum atomic E-state index is -0.160. The topological polar surface area (TPSA) is 91.2 Å². The lowest BCUT2D eigenvalue weighted by atomic mass is 10.1. The Morgan fingerprint density at radius 2 is 1.81 bits per heavy atom. The van der Waals surface area contributed by atoms with Crippen molar-refractivity contribution in [3.63, 3.8) is 0 Å². The Morgan fingerprint density at radius 3 is 2.58 bits per heavy atom. The second kappa shape index (κ2) is 10.9. The zero-order chi connectivity index (χ0) is 24.7. The van der Waals surface area contributed by atoms with Crippen molar-refractivity contribution in [2.75, 3.05) is 13.2 Å². The van der Waals surface area contributed by atoms with Crippen molar-refractivity contribution in [3.05, 3.63) is 108 Å². The predicted octanol–water partition coefficient (Wildman–Crippen LogP) is 4.86. The lowest BCUT2D eigenvalue weighted by Crippen LogP contribution is -2.22. The first-order valence-corrected chi connectivity index (χ1v) is 11.7. The van der Waals surface area contributed by atoms with Crippen LogP contribution in [-0.4, -0.2) is 38.6 Å². The van der Waals surface area contributed by atoms with Crippen LogP contribution in [0, 0.1) is 0 Å². The molecule has 0 aliphatic rings. The molecule has 3 aromatic heterocycles. The summed E-state index contributed by atoms with van der Waals surface area (Å²) in [6, 6.07) is 20.4. The van der Waals surface area contributed by atoms with Gasteiger partial charge in [-0.15, -0.1) is 0 Å². The van der Waals surface area contributed by atoms with Crippen LogP contribution in [0.2, 0.25) is 5.02 Å². The van der Waals surface area contributed by atoms with Crippen LogP contribution in [0.1, 0.15) is 15.9 Å². The fourth-order valence-corrected chi connectivity index (χ4v) is 3.71. The molecule has 2 aromatic carbocycles. The highest BCUT2D eigenvalue weighted by molar-refractivity contribution is 6.30. The number of pyridine rings is 2. The van der Waals surface area contributed by atoms with Gasteiger partial charge in [-0.3, -0.25) is 14.3 Å². The van der Waals surface area contributed by atoms with Crippen molar-refractivity contribution in [3.8, 4) is 17.3 Å². The molecule has 0 unspecified atom stereocenters. The Morgan fingerprint density at radius 1 is 0.944 bits per heavy atom. The summed E-state index contributed by atoms with van der Waals surface area (Å²) < 4.78 is 13.3. The number of nitrogens with zero attached hydrogens (tertiary/aromatic N) is 4. The number of hydrogen-bond acceptors (Lipinski definition) is 6. The summed E-state index contributed by atoms with van der Waals surface area (Å²) in [6.45, 7) is 1.15. The molecule has 0 radical (unpaired) electrons. The molecule has 180 valence electrons. The number of carbonyl (C=O) groups excluding carboxylic acids is 1. The number of halogens is 1. The van der Waals surface area contributed by atoms with Gasteiger partial charge in [-0.25, -0.2) is 9.97 Å².